The van der Waals surface area contributed by atoms with Crippen LogP contribution >= 0.6 is 0 Å². The monoisotopic (exact) mass is 330 g/mol. The van der Waals surface area contributed by atoms with Crippen LogP contribution in [0.3, 0.4) is 0 Å². The van der Waals surface area contributed by atoms with E-state index < -0.39 is 24.5 Å². The highest BCUT2D eigenvalue weighted by Gasteiger charge is 2.26. The minimum atomic E-state index is -0.538. The fraction of sp³-hybridized carbons (Fsp3) is 0.353. The van der Waals surface area contributed by atoms with E-state index >= 15 is 0 Å². The van der Waals surface area contributed by atoms with Crippen LogP contribution in [0, 0.1) is 13.8 Å². The van der Waals surface area contributed by atoms with Crippen molar-refractivity contribution in [3.05, 3.63) is 35.1 Å². The number of imide groups is 1. The van der Waals surface area contributed by atoms with Gasteiger partial charge < -0.3 is 14.5 Å². The molecule has 1 N–H and O–H groups in total. The summed E-state index contributed by atoms with van der Waals surface area (Å²) in [7, 11) is 0. The average molecular weight is 330 g/mol. The lowest BCUT2D eigenvalue weighted by Crippen LogP contribution is -2.37. The summed E-state index contributed by atoms with van der Waals surface area (Å²) >= 11 is 0. The first-order valence-corrected chi connectivity index (χ1v) is 7.67. The van der Waals surface area contributed by atoms with Gasteiger partial charge in [0.1, 0.15) is 5.58 Å². The van der Waals surface area contributed by atoms with Crippen molar-refractivity contribution in [3.8, 4) is 0 Å². The van der Waals surface area contributed by atoms with Crippen LogP contribution in [0.15, 0.2) is 22.8 Å². The summed E-state index contributed by atoms with van der Waals surface area (Å²) in [5.74, 6) is -1.06. The Morgan fingerprint density at radius 3 is 2.83 bits per heavy atom. The second-order valence-corrected chi connectivity index (χ2v) is 5.76. The van der Waals surface area contributed by atoms with Crippen molar-refractivity contribution < 1.29 is 23.5 Å². The molecule has 1 aromatic heterocycles. The predicted octanol–water partition coefficient (Wildman–Crippen LogP) is 1.69. The Morgan fingerprint density at radius 2 is 2.12 bits per heavy atom. The van der Waals surface area contributed by atoms with Crippen LogP contribution in [0.25, 0.3) is 11.0 Å². The van der Waals surface area contributed by atoms with E-state index in [0.29, 0.717) is 18.7 Å². The van der Waals surface area contributed by atoms with Crippen LogP contribution in [-0.2, 0) is 20.7 Å². The predicted molar refractivity (Wildman–Crippen MR) is 85.5 cm³/mol. The van der Waals surface area contributed by atoms with Crippen LogP contribution in [0.5, 0.6) is 0 Å². The molecule has 0 radical (unpaired) electrons. The van der Waals surface area contributed by atoms with Gasteiger partial charge in [-0.05, 0) is 25.0 Å². The van der Waals surface area contributed by atoms with E-state index in [-0.39, 0.29) is 6.42 Å². The molecule has 1 saturated heterocycles. The van der Waals surface area contributed by atoms with E-state index in [2.05, 4.69) is 5.32 Å². The molecule has 0 aliphatic carbocycles. The quantitative estimate of drug-likeness (QED) is 0.862. The average Bonchev–Trinajstić information content (AvgIpc) is 3.15. The molecule has 7 heteroatoms. The van der Waals surface area contributed by atoms with Crippen molar-refractivity contribution in [2.75, 3.05) is 19.7 Å². The minimum absolute atomic E-state index is 0.00891. The van der Waals surface area contributed by atoms with Crippen molar-refractivity contribution in [1.29, 1.82) is 0 Å². The Balaban J connectivity index is 1.62. The van der Waals surface area contributed by atoms with Gasteiger partial charge in [0, 0.05) is 24.0 Å². The Morgan fingerprint density at radius 1 is 1.33 bits per heavy atom. The summed E-state index contributed by atoms with van der Waals surface area (Å²) in [4.78, 5) is 36.2. The summed E-state index contributed by atoms with van der Waals surface area (Å²) in [5.41, 5.74) is 3.61. The molecule has 126 valence electrons. The van der Waals surface area contributed by atoms with E-state index in [0.717, 1.165) is 27.0 Å². The molecule has 2 heterocycles. The molecule has 1 aliphatic rings. The van der Waals surface area contributed by atoms with Crippen molar-refractivity contribution in [3.63, 3.8) is 0 Å². The smallest absolute Gasteiger partial charge is 0.324 e. The first kappa shape index (κ1) is 16.0. The van der Waals surface area contributed by atoms with Gasteiger partial charge in [-0.15, -0.1) is 0 Å². The molecule has 0 saturated carbocycles. The molecule has 2 aromatic rings. The SMILES string of the molecule is Cc1ccc2c(CC(=O)OCC(=O)N3CCNC3=O)coc2c1C. The Labute approximate surface area is 138 Å². The first-order valence-electron chi connectivity index (χ1n) is 7.67. The molecule has 7 nitrogen and oxygen atoms in total. The topological polar surface area (TPSA) is 88.9 Å². The van der Waals surface area contributed by atoms with Crippen LogP contribution in [0.1, 0.15) is 16.7 Å². The molecule has 1 aromatic carbocycles. The molecule has 24 heavy (non-hydrogen) atoms. The van der Waals surface area contributed by atoms with E-state index in [1.54, 1.807) is 0 Å². The van der Waals surface area contributed by atoms with E-state index in [1.165, 1.54) is 6.26 Å². The maximum absolute atomic E-state index is 12.0. The first-order chi connectivity index (χ1) is 11.5. The molecule has 1 aliphatic heterocycles. The number of benzene rings is 1. The zero-order valence-corrected chi connectivity index (χ0v) is 13.5. The zero-order valence-electron chi connectivity index (χ0n) is 13.5. The number of urea groups is 1. The highest BCUT2D eigenvalue weighted by Crippen LogP contribution is 2.26. The van der Waals surface area contributed by atoms with Gasteiger partial charge in [-0.1, -0.05) is 12.1 Å². The highest BCUT2D eigenvalue weighted by atomic mass is 16.5. The van der Waals surface area contributed by atoms with Gasteiger partial charge in [-0.2, -0.15) is 0 Å². The number of furan rings is 1. The third-order valence-corrected chi connectivity index (χ3v) is 4.19. The molecule has 3 amide bonds. The number of ether oxygens (including phenoxy) is 1. The van der Waals surface area contributed by atoms with E-state index in [9.17, 15) is 14.4 Å². The number of carbonyl (C=O) groups is 3. The van der Waals surface area contributed by atoms with Gasteiger partial charge >= 0.3 is 12.0 Å². The fourth-order valence-corrected chi connectivity index (χ4v) is 2.66. The Hall–Kier alpha value is -2.83. The summed E-state index contributed by atoms with van der Waals surface area (Å²) < 4.78 is 10.5. The van der Waals surface area contributed by atoms with Gasteiger partial charge in [-0.3, -0.25) is 14.5 Å². The third kappa shape index (κ3) is 2.97. The lowest BCUT2D eigenvalue weighted by molar-refractivity contribution is -0.150. The highest BCUT2D eigenvalue weighted by molar-refractivity contribution is 5.97. The number of fused-ring (bicyclic) bond motifs is 1. The van der Waals surface area contributed by atoms with Gasteiger partial charge in [0.15, 0.2) is 6.61 Å². The Kier molecular flexibility index (Phi) is 4.24. The van der Waals surface area contributed by atoms with Crippen molar-refractivity contribution >= 4 is 28.9 Å². The number of nitrogens with one attached hydrogen (secondary N) is 1. The molecular weight excluding hydrogens is 312 g/mol. The van der Waals surface area contributed by atoms with Crippen LogP contribution in [-0.4, -0.2) is 42.5 Å². The largest absolute Gasteiger partial charge is 0.464 e. The number of aryl methyl sites for hydroxylation is 2. The van der Waals surface area contributed by atoms with Crippen LogP contribution < -0.4 is 5.32 Å². The number of nitrogens with zero attached hydrogens (tertiary/aromatic N) is 1. The van der Waals surface area contributed by atoms with Crippen molar-refractivity contribution in [1.82, 2.24) is 10.2 Å². The maximum atomic E-state index is 12.0. The minimum Gasteiger partial charge on any atom is -0.464 e. The second kappa shape index (κ2) is 6.35. The van der Waals surface area contributed by atoms with Crippen molar-refractivity contribution in [2.24, 2.45) is 0 Å². The molecule has 0 bridgehead atoms. The number of amides is 3. The summed E-state index contributed by atoms with van der Waals surface area (Å²) in [6.45, 7) is 4.22. The normalized spacial score (nSPS) is 14.1. The number of hydrogen-bond donors (Lipinski definition) is 1. The second-order valence-electron chi connectivity index (χ2n) is 5.76. The number of esters is 1. The Bertz CT molecular complexity index is 824. The molecule has 3 rings (SSSR count). The molecule has 0 unspecified atom stereocenters. The van der Waals surface area contributed by atoms with Gasteiger partial charge in [0.05, 0.1) is 12.7 Å². The number of carbonyl (C=O) groups excluding carboxylic acids is 3. The van der Waals surface area contributed by atoms with Gasteiger partial charge in [0.2, 0.25) is 0 Å². The number of rotatable bonds is 4. The lowest BCUT2D eigenvalue weighted by Gasteiger charge is -2.11. The summed E-state index contributed by atoms with van der Waals surface area (Å²) in [6, 6.07) is 3.42. The number of hydrogen-bond acceptors (Lipinski definition) is 5. The molecule has 0 atom stereocenters. The van der Waals surface area contributed by atoms with E-state index in [4.69, 9.17) is 9.15 Å². The van der Waals surface area contributed by atoms with Crippen LogP contribution in [0.4, 0.5) is 4.79 Å². The summed E-state index contributed by atoms with van der Waals surface area (Å²) in [6.07, 6.45) is 1.54. The van der Waals surface area contributed by atoms with Gasteiger partial charge in [0.25, 0.3) is 5.91 Å². The molecule has 1 fully saturated rings. The van der Waals surface area contributed by atoms with Gasteiger partial charge in [-0.25, -0.2) is 4.79 Å². The van der Waals surface area contributed by atoms with E-state index in [1.807, 2.05) is 26.0 Å². The lowest BCUT2D eigenvalue weighted by atomic mass is 10.0. The van der Waals surface area contributed by atoms with Crippen LogP contribution in [0.2, 0.25) is 0 Å². The fourth-order valence-electron chi connectivity index (χ4n) is 2.66. The van der Waals surface area contributed by atoms with Crippen molar-refractivity contribution in [2.45, 2.75) is 20.3 Å². The third-order valence-electron chi connectivity index (χ3n) is 4.19. The maximum Gasteiger partial charge on any atom is 0.324 e. The standard InChI is InChI=1S/C17H18N2O5/c1-10-3-4-13-12(8-24-16(13)11(10)2)7-15(21)23-9-14(20)19-6-5-18-17(19)22/h3-4,8H,5-7,9H2,1-2H3,(H,18,22). The molecular formula is C17H18N2O5. The zero-order chi connectivity index (χ0) is 17.3. The molecule has 0 spiro atoms. The summed E-state index contributed by atoms with van der Waals surface area (Å²) in [5, 5.41) is 3.38.